The summed E-state index contributed by atoms with van der Waals surface area (Å²) in [7, 11) is 0. The third-order valence-electron chi connectivity index (χ3n) is 1.93. The number of nitrogens with zero attached hydrogens (tertiary/aromatic N) is 4. The van der Waals surface area contributed by atoms with Crippen LogP contribution in [-0.2, 0) is 12.6 Å². The summed E-state index contributed by atoms with van der Waals surface area (Å²) in [4.78, 5) is 7.04. The maximum Gasteiger partial charge on any atom is 0.453 e. The van der Waals surface area contributed by atoms with Gasteiger partial charge < -0.3 is 5.73 Å². The van der Waals surface area contributed by atoms with E-state index in [1.54, 1.807) is 0 Å². The van der Waals surface area contributed by atoms with Crippen molar-refractivity contribution in [3.05, 3.63) is 23.8 Å². The van der Waals surface area contributed by atoms with Gasteiger partial charge in [-0.05, 0) is 18.5 Å². The van der Waals surface area contributed by atoms with Gasteiger partial charge in [-0.2, -0.15) is 18.2 Å². The van der Waals surface area contributed by atoms with Crippen molar-refractivity contribution in [3.8, 4) is 0 Å². The lowest BCUT2D eigenvalue weighted by Gasteiger charge is -1.97. The Bertz CT molecular complexity index is 504. The third kappa shape index (κ3) is 1.96. The molecule has 0 spiro atoms. The van der Waals surface area contributed by atoms with E-state index in [0.717, 1.165) is 4.52 Å². The number of nitrogens with two attached hydrogens (primary N) is 1. The predicted molar refractivity (Wildman–Crippen MR) is 48.5 cm³/mol. The number of rotatable bonds is 2. The largest absolute Gasteiger partial charge is 0.453 e. The van der Waals surface area contributed by atoms with Gasteiger partial charge in [0.2, 0.25) is 0 Å². The smallest absolute Gasteiger partial charge is 0.330 e. The Labute approximate surface area is 88.1 Å². The molecule has 0 radical (unpaired) electrons. The number of alkyl halides is 3. The van der Waals surface area contributed by atoms with E-state index in [0.29, 0.717) is 18.5 Å². The fourth-order valence-corrected chi connectivity index (χ4v) is 1.24. The van der Waals surface area contributed by atoms with E-state index < -0.39 is 12.0 Å². The zero-order valence-corrected chi connectivity index (χ0v) is 8.07. The molecule has 0 saturated heterocycles. The maximum absolute atomic E-state index is 12.3. The molecule has 8 heteroatoms. The van der Waals surface area contributed by atoms with Crippen LogP contribution in [0.25, 0.3) is 5.78 Å². The van der Waals surface area contributed by atoms with Crippen molar-refractivity contribution in [3.63, 3.8) is 0 Å². The Kier molecular flexibility index (Phi) is 2.50. The Balaban J connectivity index is 2.46. The summed E-state index contributed by atoms with van der Waals surface area (Å²) in [5.74, 6) is -1.27. The van der Waals surface area contributed by atoms with E-state index in [-0.39, 0.29) is 5.78 Å². The Morgan fingerprint density at radius 2 is 2.12 bits per heavy atom. The van der Waals surface area contributed by atoms with Crippen molar-refractivity contribution in [1.82, 2.24) is 19.6 Å². The fourth-order valence-electron chi connectivity index (χ4n) is 1.24. The predicted octanol–water partition coefficient (Wildman–Crippen LogP) is 0.644. The average molecular weight is 231 g/mol. The van der Waals surface area contributed by atoms with Gasteiger partial charge in [0.25, 0.3) is 11.6 Å². The number of fused-ring (bicyclic) bond motifs is 1. The average Bonchev–Trinajstić information content (AvgIpc) is 2.60. The van der Waals surface area contributed by atoms with Gasteiger partial charge in [0.05, 0.1) is 0 Å². The molecule has 0 aliphatic rings. The van der Waals surface area contributed by atoms with Crippen molar-refractivity contribution in [2.75, 3.05) is 6.54 Å². The zero-order chi connectivity index (χ0) is 11.8. The van der Waals surface area contributed by atoms with Gasteiger partial charge in [0, 0.05) is 12.4 Å². The van der Waals surface area contributed by atoms with Crippen LogP contribution in [0.4, 0.5) is 13.2 Å². The van der Waals surface area contributed by atoms with Crippen LogP contribution >= 0.6 is 0 Å². The summed E-state index contributed by atoms with van der Waals surface area (Å²) < 4.78 is 37.9. The van der Waals surface area contributed by atoms with Gasteiger partial charge in [-0.3, -0.25) is 0 Å². The SMILES string of the molecule is NCCc1cnc2nc(C(F)(F)F)nn2c1. The topological polar surface area (TPSA) is 69.1 Å². The first-order valence-electron chi connectivity index (χ1n) is 4.49. The summed E-state index contributed by atoms with van der Waals surface area (Å²) in [6, 6.07) is 0. The number of aromatic nitrogens is 4. The Morgan fingerprint density at radius 1 is 1.38 bits per heavy atom. The quantitative estimate of drug-likeness (QED) is 0.823. The molecule has 0 aromatic carbocycles. The van der Waals surface area contributed by atoms with Crippen molar-refractivity contribution >= 4 is 5.78 Å². The van der Waals surface area contributed by atoms with Crippen LogP contribution in [0.2, 0.25) is 0 Å². The molecule has 0 atom stereocenters. The minimum absolute atomic E-state index is 0.0758. The first-order valence-corrected chi connectivity index (χ1v) is 4.49. The number of hydrogen-bond acceptors (Lipinski definition) is 4. The third-order valence-corrected chi connectivity index (χ3v) is 1.93. The molecule has 2 aromatic rings. The van der Waals surface area contributed by atoms with Crippen LogP contribution in [0.1, 0.15) is 11.4 Å². The highest BCUT2D eigenvalue weighted by Gasteiger charge is 2.36. The minimum Gasteiger partial charge on any atom is -0.330 e. The van der Waals surface area contributed by atoms with Crippen LogP contribution in [0.15, 0.2) is 12.4 Å². The van der Waals surface area contributed by atoms with Gasteiger partial charge in [-0.1, -0.05) is 0 Å². The first kappa shape index (κ1) is 10.8. The standard InChI is InChI=1S/C8H8F3N5/c9-8(10,11)6-14-7-13-3-5(1-2-12)4-16(7)15-6/h3-4H,1-2,12H2. The molecule has 0 bridgehead atoms. The highest BCUT2D eigenvalue weighted by Crippen LogP contribution is 2.26. The van der Waals surface area contributed by atoms with Crippen molar-refractivity contribution in [2.24, 2.45) is 5.73 Å². The fraction of sp³-hybridized carbons (Fsp3) is 0.375. The summed E-state index contributed by atoms with van der Waals surface area (Å²) in [5.41, 5.74) is 6.04. The Morgan fingerprint density at radius 3 is 2.75 bits per heavy atom. The molecule has 0 aliphatic carbocycles. The van der Waals surface area contributed by atoms with Crippen LogP contribution in [0.5, 0.6) is 0 Å². The second-order valence-electron chi connectivity index (χ2n) is 3.18. The van der Waals surface area contributed by atoms with Crippen LogP contribution in [0.3, 0.4) is 0 Å². The number of halogens is 3. The zero-order valence-electron chi connectivity index (χ0n) is 8.07. The van der Waals surface area contributed by atoms with Crippen molar-refractivity contribution < 1.29 is 13.2 Å². The molecule has 2 aromatic heterocycles. The van der Waals surface area contributed by atoms with E-state index in [1.807, 2.05) is 0 Å². The molecule has 2 heterocycles. The highest BCUT2D eigenvalue weighted by molar-refractivity contribution is 5.28. The highest BCUT2D eigenvalue weighted by atomic mass is 19.4. The van der Waals surface area contributed by atoms with Crippen molar-refractivity contribution in [1.29, 1.82) is 0 Å². The van der Waals surface area contributed by atoms with Crippen molar-refractivity contribution in [2.45, 2.75) is 12.6 Å². The lowest BCUT2D eigenvalue weighted by atomic mass is 10.2. The normalized spacial score (nSPS) is 12.2. The second kappa shape index (κ2) is 3.71. The van der Waals surface area contributed by atoms with E-state index >= 15 is 0 Å². The molecular weight excluding hydrogens is 223 g/mol. The molecule has 2 N–H and O–H groups in total. The van der Waals surface area contributed by atoms with Gasteiger partial charge >= 0.3 is 6.18 Å². The van der Waals surface area contributed by atoms with Gasteiger partial charge in [-0.15, -0.1) is 5.10 Å². The monoisotopic (exact) mass is 231 g/mol. The molecule has 16 heavy (non-hydrogen) atoms. The van der Waals surface area contributed by atoms with Crippen LogP contribution in [0, 0.1) is 0 Å². The van der Waals surface area contributed by atoms with E-state index in [1.165, 1.54) is 12.4 Å². The van der Waals surface area contributed by atoms with Gasteiger partial charge in [0.1, 0.15) is 0 Å². The summed E-state index contributed by atoms with van der Waals surface area (Å²) >= 11 is 0. The first-order chi connectivity index (χ1) is 7.50. The second-order valence-corrected chi connectivity index (χ2v) is 3.18. The van der Waals surface area contributed by atoms with Gasteiger partial charge in [0.15, 0.2) is 0 Å². The minimum atomic E-state index is -4.55. The summed E-state index contributed by atoms with van der Waals surface area (Å²) in [6.07, 6.45) is -1.14. The molecule has 0 aliphatic heterocycles. The van der Waals surface area contributed by atoms with E-state index in [2.05, 4.69) is 15.1 Å². The van der Waals surface area contributed by atoms with Crippen LogP contribution in [-0.4, -0.2) is 26.1 Å². The van der Waals surface area contributed by atoms with Gasteiger partial charge in [-0.25, -0.2) is 9.50 Å². The molecular formula is C8H8F3N5. The van der Waals surface area contributed by atoms with E-state index in [4.69, 9.17) is 5.73 Å². The molecule has 0 amide bonds. The maximum atomic E-state index is 12.3. The molecule has 2 rings (SSSR count). The lowest BCUT2D eigenvalue weighted by molar-refractivity contribution is -0.144. The molecule has 86 valence electrons. The molecule has 5 nitrogen and oxygen atoms in total. The molecule has 0 unspecified atom stereocenters. The van der Waals surface area contributed by atoms with Crippen LogP contribution < -0.4 is 5.73 Å². The summed E-state index contributed by atoms with van der Waals surface area (Å²) in [5, 5.41) is 3.30. The number of hydrogen-bond donors (Lipinski definition) is 1. The lowest BCUT2D eigenvalue weighted by Crippen LogP contribution is -2.07. The Hall–Kier alpha value is -1.70. The summed E-state index contributed by atoms with van der Waals surface area (Å²) in [6.45, 7) is 0.397. The molecule has 0 fully saturated rings. The van der Waals surface area contributed by atoms with E-state index in [9.17, 15) is 13.2 Å². The molecule has 0 saturated carbocycles.